The number of hydrogen-bond donors (Lipinski definition) is 0. The fraction of sp³-hybridized carbons (Fsp3) is 0.0175. The van der Waals surface area contributed by atoms with E-state index >= 15 is 0 Å². The number of nitrogens with zero attached hydrogens (tertiary/aromatic N) is 1. The van der Waals surface area contributed by atoms with Crippen LogP contribution in [0, 0.1) is 0 Å². The van der Waals surface area contributed by atoms with Gasteiger partial charge in [0.25, 0.3) is 0 Å². The van der Waals surface area contributed by atoms with Gasteiger partial charge >= 0.3 is 0 Å². The molecular weight excluding hydrogens is 699 g/mol. The molecule has 1 aliphatic rings. The molecule has 11 rings (SSSR count). The van der Waals surface area contributed by atoms with Crippen molar-refractivity contribution in [3.05, 3.63) is 259 Å². The molecular formula is C57H39N. The molecule has 0 N–H and O–H groups in total. The van der Waals surface area contributed by atoms with Crippen molar-refractivity contribution in [1.82, 2.24) is 0 Å². The smallest absolute Gasteiger partial charge is 0.0714 e. The van der Waals surface area contributed by atoms with Gasteiger partial charge in [0.05, 0.1) is 11.1 Å². The lowest BCUT2D eigenvalue weighted by molar-refractivity contribution is 0.768. The Hall–Kier alpha value is -7.48. The lowest BCUT2D eigenvalue weighted by atomic mass is 9.68. The van der Waals surface area contributed by atoms with Gasteiger partial charge in [0.15, 0.2) is 0 Å². The molecule has 0 amide bonds. The van der Waals surface area contributed by atoms with Crippen LogP contribution in [-0.2, 0) is 5.41 Å². The van der Waals surface area contributed by atoms with Crippen molar-refractivity contribution in [2.45, 2.75) is 5.41 Å². The van der Waals surface area contributed by atoms with E-state index in [0.29, 0.717) is 0 Å². The van der Waals surface area contributed by atoms with Gasteiger partial charge < -0.3 is 4.90 Å². The minimum Gasteiger partial charge on any atom is -0.310 e. The number of rotatable bonds is 7. The van der Waals surface area contributed by atoms with Gasteiger partial charge in [0.2, 0.25) is 0 Å². The molecule has 0 spiro atoms. The van der Waals surface area contributed by atoms with Gasteiger partial charge in [-0.1, -0.05) is 206 Å². The molecule has 0 saturated carbocycles. The van der Waals surface area contributed by atoms with Crippen molar-refractivity contribution in [3.63, 3.8) is 0 Å². The lowest BCUT2D eigenvalue weighted by Gasteiger charge is -2.34. The lowest BCUT2D eigenvalue weighted by Crippen LogP contribution is -2.28. The Morgan fingerprint density at radius 1 is 0.310 bits per heavy atom. The van der Waals surface area contributed by atoms with Crippen molar-refractivity contribution < 1.29 is 0 Å². The minimum absolute atomic E-state index is 0.485. The van der Waals surface area contributed by atoms with E-state index in [-0.39, 0.29) is 0 Å². The van der Waals surface area contributed by atoms with Gasteiger partial charge in [-0.25, -0.2) is 0 Å². The predicted octanol–water partition coefficient (Wildman–Crippen LogP) is 15.2. The van der Waals surface area contributed by atoms with E-state index in [1.165, 1.54) is 77.2 Å². The topological polar surface area (TPSA) is 3.24 Å². The third-order valence-corrected chi connectivity index (χ3v) is 12.1. The maximum atomic E-state index is 2.46. The Kier molecular flexibility index (Phi) is 8.12. The third-order valence-electron chi connectivity index (χ3n) is 12.1. The van der Waals surface area contributed by atoms with E-state index in [0.717, 1.165) is 17.1 Å². The van der Waals surface area contributed by atoms with Crippen LogP contribution in [0.3, 0.4) is 0 Å². The summed E-state index contributed by atoms with van der Waals surface area (Å²) in [6, 6.07) is 86.8. The Morgan fingerprint density at radius 3 is 1.57 bits per heavy atom. The van der Waals surface area contributed by atoms with E-state index in [4.69, 9.17) is 0 Å². The first-order chi connectivity index (χ1) is 28.8. The van der Waals surface area contributed by atoms with Gasteiger partial charge in [0, 0.05) is 16.9 Å². The molecule has 0 heterocycles. The van der Waals surface area contributed by atoms with Crippen LogP contribution in [0.2, 0.25) is 0 Å². The first-order valence-corrected chi connectivity index (χ1v) is 20.1. The van der Waals surface area contributed by atoms with Gasteiger partial charge in [-0.15, -0.1) is 0 Å². The first kappa shape index (κ1) is 33.8. The Balaban J connectivity index is 1.08. The summed E-state index contributed by atoms with van der Waals surface area (Å²) >= 11 is 0. The summed E-state index contributed by atoms with van der Waals surface area (Å²) in [6.45, 7) is 0. The van der Waals surface area contributed by atoms with Gasteiger partial charge in [0.1, 0.15) is 0 Å². The maximum Gasteiger partial charge on any atom is 0.0714 e. The molecule has 10 aromatic carbocycles. The molecule has 1 heteroatoms. The molecule has 0 radical (unpaired) electrons. The third kappa shape index (κ3) is 5.39. The molecule has 1 aliphatic carbocycles. The molecule has 0 aliphatic heterocycles. The summed E-state index contributed by atoms with van der Waals surface area (Å²) in [5, 5.41) is 4.97. The van der Waals surface area contributed by atoms with Crippen LogP contribution >= 0.6 is 0 Å². The van der Waals surface area contributed by atoms with Gasteiger partial charge in [-0.3, -0.25) is 0 Å². The van der Waals surface area contributed by atoms with Crippen molar-refractivity contribution in [2.75, 3.05) is 4.90 Å². The van der Waals surface area contributed by atoms with Gasteiger partial charge in [-0.2, -0.15) is 0 Å². The Bertz CT molecular complexity index is 3050. The second kappa shape index (κ2) is 13.9. The zero-order valence-corrected chi connectivity index (χ0v) is 32.0. The molecule has 1 nitrogen and oxygen atoms in total. The Labute approximate surface area is 339 Å². The van der Waals surface area contributed by atoms with Crippen LogP contribution in [-0.4, -0.2) is 0 Å². The van der Waals surface area contributed by atoms with E-state index in [2.05, 4.69) is 241 Å². The number of fused-ring (bicyclic) bond motifs is 5. The molecule has 10 aromatic rings. The summed E-state index contributed by atoms with van der Waals surface area (Å²) < 4.78 is 0. The summed E-state index contributed by atoms with van der Waals surface area (Å²) in [6.07, 6.45) is 0. The predicted molar refractivity (Wildman–Crippen MR) is 244 cm³/mol. The molecule has 0 unspecified atom stereocenters. The van der Waals surface area contributed by atoms with Crippen molar-refractivity contribution in [3.8, 4) is 33.4 Å². The summed E-state index contributed by atoms with van der Waals surface area (Å²) in [4.78, 5) is 2.46. The normalized spacial score (nSPS) is 12.6. The van der Waals surface area contributed by atoms with Crippen molar-refractivity contribution >= 4 is 38.6 Å². The van der Waals surface area contributed by atoms with E-state index < -0.39 is 5.41 Å². The van der Waals surface area contributed by atoms with Crippen LogP contribution in [0.25, 0.3) is 54.9 Å². The summed E-state index contributed by atoms with van der Waals surface area (Å²) in [5.41, 5.74) is 15.4. The second-order valence-corrected chi connectivity index (χ2v) is 15.2. The van der Waals surface area contributed by atoms with Crippen molar-refractivity contribution in [1.29, 1.82) is 0 Å². The number of hydrogen-bond acceptors (Lipinski definition) is 1. The van der Waals surface area contributed by atoms with Crippen LogP contribution in [0.4, 0.5) is 17.1 Å². The highest BCUT2D eigenvalue weighted by molar-refractivity contribution is 5.99. The van der Waals surface area contributed by atoms with E-state index in [1.54, 1.807) is 0 Å². The minimum atomic E-state index is -0.485. The van der Waals surface area contributed by atoms with Crippen LogP contribution < -0.4 is 4.90 Å². The highest BCUT2D eigenvalue weighted by Crippen LogP contribution is 2.59. The molecule has 0 bridgehead atoms. The molecule has 0 saturated heterocycles. The zero-order chi connectivity index (χ0) is 38.5. The number of anilines is 3. The highest BCUT2D eigenvalue weighted by Gasteiger charge is 2.47. The summed E-state index contributed by atoms with van der Waals surface area (Å²) in [7, 11) is 0. The summed E-state index contributed by atoms with van der Waals surface area (Å²) in [5.74, 6) is 0. The quantitative estimate of drug-likeness (QED) is 0.157. The standard InChI is InChI=1S/C57H39N/c1-3-19-46(20-4-1)57(47-21-5-2-6-22-47)53-26-12-11-24-52(53)56-54(57)27-14-28-55(56)58(49-38-35-40-15-7-8-17-45(40)39-49)48-36-33-42(34-37-48)41-29-31-44(32-30-41)51-25-13-18-43-16-9-10-23-50(43)51/h1-39H. The van der Waals surface area contributed by atoms with Gasteiger partial charge in [-0.05, 0) is 102 Å². The largest absolute Gasteiger partial charge is 0.310 e. The van der Waals surface area contributed by atoms with E-state index in [1.807, 2.05) is 0 Å². The fourth-order valence-corrected chi connectivity index (χ4v) is 9.53. The molecule has 58 heavy (non-hydrogen) atoms. The van der Waals surface area contributed by atoms with Crippen LogP contribution in [0.15, 0.2) is 237 Å². The molecule has 0 aromatic heterocycles. The van der Waals surface area contributed by atoms with Crippen LogP contribution in [0.5, 0.6) is 0 Å². The average Bonchev–Trinajstić information content (AvgIpc) is 3.61. The average molecular weight is 738 g/mol. The van der Waals surface area contributed by atoms with Crippen LogP contribution in [0.1, 0.15) is 22.3 Å². The van der Waals surface area contributed by atoms with Crippen molar-refractivity contribution in [2.24, 2.45) is 0 Å². The molecule has 0 fully saturated rings. The van der Waals surface area contributed by atoms with E-state index in [9.17, 15) is 0 Å². The highest BCUT2D eigenvalue weighted by atomic mass is 15.1. The Morgan fingerprint density at radius 2 is 0.828 bits per heavy atom. The zero-order valence-electron chi connectivity index (χ0n) is 32.0. The number of benzene rings is 10. The SMILES string of the molecule is c1ccc(C2(c3ccccc3)c3ccccc3-c3c(N(c4ccc(-c5ccc(-c6cccc7ccccc67)cc5)cc4)c4ccc5ccccc5c4)cccc32)cc1. The first-order valence-electron chi connectivity index (χ1n) is 20.1. The fourth-order valence-electron chi connectivity index (χ4n) is 9.53. The molecule has 0 atom stereocenters. The molecule has 272 valence electrons. The maximum absolute atomic E-state index is 2.46. The second-order valence-electron chi connectivity index (χ2n) is 15.2. The monoisotopic (exact) mass is 737 g/mol.